The molecule has 0 radical (unpaired) electrons. The Bertz CT molecular complexity index is 883. The van der Waals surface area contributed by atoms with E-state index in [1.54, 1.807) is 24.3 Å². The van der Waals surface area contributed by atoms with E-state index in [2.05, 4.69) is 5.32 Å². The van der Waals surface area contributed by atoms with Crippen LogP contribution in [0.5, 0.6) is 5.75 Å². The molecule has 0 spiro atoms. The number of rotatable bonds is 8. The summed E-state index contributed by atoms with van der Waals surface area (Å²) >= 11 is 0. The lowest BCUT2D eigenvalue weighted by Crippen LogP contribution is -2.38. The topological polar surface area (TPSA) is 84.9 Å². The van der Waals surface area contributed by atoms with E-state index < -0.39 is 18.0 Å². The number of amides is 2. The first-order valence-electron chi connectivity index (χ1n) is 10.6. The number of carbonyl (C=O) groups is 3. The Morgan fingerprint density at radius 2 is 1.77 bits per heavy atom. The number of benzene rings is 2. The van der Waals surface area contributed by atoms with E-state index >= 15 is 0 Å². The van der Waals surface area contributed by atoms with Crippen molar-refractivity contribution in [3.05, 3.63) is 60.2 Å². The Hall–Kier alpha value is -3.35. The fourth-order valence-corrected chi connectivity index (χ4v) is 3.27. The monoisotopic (exact) mass is 424 g/mol. The fourth-order valence-electron chi connectivity index (χ4n) is 3.27. The van der Waals surface area contributed by atoms with Crippen LogP contribution in [0.1, 0.15) is 38.2 Å². The number of hydrogen-bond donors (Lipinski definition) is 1. The van der Waals surface area contributed by atoms with Gasteiger partial charge in [-0.25, -0.2) is 0 Å². The molecule has 2 aromatic rings. The van der Waals surface area contributed by atoms with Crippen molar-refractivity contribution in [1.29, 1.82) is 0 Å². The van der Waals surface area contributed by atoms with Gasteiger partial charge in [0.1, 0.15) is 18.9 Å². The molecule has 2 aromatic carbocycles. The zero-order chi connectivity index (χ0) is 22.1. The minimum absolute atomic E-state index is 0.0406. The molecular formula is C24H28N2O5. The predicted molar refractivity (Wildman–Crippen MR) is 116 cm³/mol. The van der Waals surface area contributed by atoms with Crippen LogP contribution >= 0.6 is 0 Å². The summed E-state index contributed by atoms with van der Waals surface area (Å²) in [5.74, 6) is -0.374. The van der Waals surface area contributed by atoms with Crippen LogP contribution in [0.4, 0.5) is 5.69 Å². The molecule has 0 aliphatic carbocycles. The van der Waals surface area contributed by atoms with Gasteiger partial charge in [-0.15, -0.1) is 0 Å². The first-order chi connectivity index (χ1) is 15.0. The maximum atomic E-state index is 12.4. The summed E-state index contributed by atoms with van der Waals surface area (Å²) in [4.78, 5) is 38.0. The van der Waals surface area contributed by atoms with Crippen LogP contribution in [-0.4, -0.2) is 41.9 Å². The number of nitrogens with zero attached hydrogens (tertiary/aromatic N) is 1. The average Bonchev–Trinajstić information content (AvgIpc) is 2.98. The lowest BCUT2D eigenvalue weighted by molar-refractivity contribution is -0.156. The molecule has 0 aromatic heterocycles. The molecule has 7 nitrogen and oxygen atoms in total. The van der Waals surface area contributed by atoms with Gasteiger partial charge in [0, 0.05) is 18.7 Å². The molecule has 31 heavy (non-hydrogen) atoms. The van der Waals surface area contributed by atoms with E-state index in [1.807, 2.05) is 30.3 Å². The molecule has 1 heterocycles. The van der Waals surface area contributed by atoms with Crippen molar-refractivity contribution in [1.82, 2.24) is 4.90 Å². The van der Waals surface area contributed by atoms with Gasteiger partial charge in [-0.1, -0.05) is 36.8 Å². The van der Waals surface area contributed by atoms with Gasteiger partial charge in [-0.05, 0) is 49.6 Å². The van der Waals surface area contributed by atoms with Crippen molar-refractivity contribution < 1.29 is 23.9 Å². The van der Waals surface area contributed by atoms with Crippen LogP contribution in [0.25, 0.3) is 0 Å². The molecule has 2 amide bonds. The Morgan fingerprint density at radius 3 is 2.52 bits per heavy atom. The minimum atomic E-state index is -0.969. The Morgan fingerprint density at radius 1 is 1.03 bits per heavy atom. The van der Waals surface area contributed by atoms with Gasteiger partial charge >= 0.3 is 5.97 Å². The summed E-state index contributed by atoms with van der Waals surface area (Å²) in [5.41, 5.74) is 1.64. The molecule has 3 rings (SSSR count). The summed E-state index contributed by atoms with van der Waals surface area (Å²) in [7, 11) is 0. The second-order valence-electron chi connectivity index (χ2n) is 7.55. The Balaban J connectivity index is 1.44. The third kappa shape index (κ3) is 7.13. The number of anilines is 1. The standard InChI is InChI=1S/C24H28N2O5/c1-18(31-23(28)16-26-15-7-3-6-10-22(26)27)24(29)25-20-11-13-21(14-12-20)30-17-19-8-4-2-5-9-19/h2,4-5,8-9,11-14,18H,3,6-7,10,15-17H2,1H3,(H,25,29). The number of hydrogen-bond acceptors (Lipinski definition) is 5. The van der Waals surface area contributed by atoms with Gasteiger partial charge in [0.05, 0.1) is 0 Å². The summed E-state index contributed by atoms with van der Waals surface area (Å²) in [6.07, 6.45) is 2.18. The quantitative estimate of drug-likeness (QED) is 0.655. The van der Waals surface area contributed by atoms with Crippen LogP contribution in [0.2, 0.25) is 0 Å². The summed E-state index contributed by atoms with van der Waals surface area (Å²) in [6.45, 7) is 2.39. The number of esters is 1. The molecule has 0 saturated carbocycles. The molecule has 1 atom stereocenters. The molecule has 0 bridgehead atoms. The van der Waals surface area contributed by atoms with E-state index in [-0.39, 0.29) is 12.5 Å². The highest BCUT2D eigenvalue weighted by molar-refractivity contribution is 5.95. The summed E-state index contributed by atoms with van der Waals surface area (Å²) in [5, 5.41) is 2.72. The molecule has 1 saturated heterocycles. The van der Waals surface area contributed by atoms with Crippen molar-refractivity contribution in [3.8, 4) is 5.75 Å². The zero-order valence-corrected chi connectivity index (χ0v) is 17.7. The van der Waals surface area contributed by atoms with Crippen molar-refractivity contribution in [2.75, 3.05) is 18.4 Å². The van der Waals surface area contributed by atoms with Crippen molar-refractivity contribution in [2.24, 2.45) is 0 Å². The maximum absolute atomic E-state index is 12.4. The van der Waals surface area contributed by atoms with E-state index in [0.717, 1.165) is 24.8 Å². The Kier molecular flexibility index (Phi) is 8.04. The summed E-state index contributed by atoms with van der Waals surface area (Å²) in [6, 6.07) is 16.8. The normalized spacial score (nSPS) is 15.0. The minimum Gasteiger partial charge on any atom is -0.489 e. The number of likely N-dealkylation sites (tertiary alicyclic amines) is 1. The average molecular weight is 424 g/mol. The molecule has 1 fully saturated rings. The van der Waals surface area contributed by atoms with Gasteiger partial charge in [0.15, 0.2) is 6.10 Å². The number of ether oxygens (including phenoxy) is 2. The lowest BCUT2D eigenvalue weighted by Gasteiger charge is -2.20. The van der Waals surface area contributed by atoms with Crippen LogP contribution in [-0.2, 0) is 25.7 Å². The zero-order valence-electron chi connectivity index (χ0n) is 17.7. The van der Waals surface area contributed by atoms with E-state index in [0.29, 0.717) is 31.0 Å². The summed E-state index contributed by atoms with van der Waals surface area (Å²) < 4.78 is 10.9. The highest BCUT2D eigenvalue weighted by Crippen LogP contribution is 2.18. The lowest BCUT2D eigenvalue weighted by atomic mass is 10.2. The molecule has 164 valence electrons. The number of nitrogens with one attached hydrogen (secondary N) is 1. The van der Waals surface area contributed by atoms with E-state index in [9.17, 15) is 14.4 Å². The molecule has 1 aliphatic rings. The SMILES string of the molecule is CC(OC(=O)CN1CCCCCC1=O)C(=O)Nc1ccc(OCc2ccccc2)cc1. The smallest absolute Gasteiger partial charge is 0.326 e. The van der Waals surface area contributed by atoms with Crippen LogP contribution in [0.15, 0.2) is 54.6 Å². The van der Waals surface area contributed by atoms with Gasteiger partial charge in [-0.3, -0.25) is 14.4 Å². The third-order valence-electron chi connectivity index (χ3n) is 5.04. The first-order valence-corrected chi connectivity index (χ1v) is 10.6. The van der Waals surface area contributed by atoms with Gasteiger partial charge in [0.2, 0.25) is 5.91 Å². The first kappa shape index (κ1) is 22.3. The second-order valence-corrected chi connectivity index (χ2v) is 7.55. The highest BCUT2D eigenvalue weighted by atomic mass is 16.5. The third-order valence-corrected chi connectivity index (χ3v) is 5.04. The van der Waals surface area contributed by atoms with Gasteiger partial charge in [-0.2, -0.15) is 0 Å². The van der Waals surface area contributed by atoms with Crippen LogP contribution < -0.4 is 10.1 Å². The molecular weight excluding hydrogens is 396 g/mol. The molecule has 1 N–H and O–H groups in total. The van der Waals surface area contributed by atoms with E-state index in [1.165, 1.54) is 11.8 Å². The second kappa shape index (κ2) is 11.2. The van der Waals surface area contributed by atoms with Gasteiger partial charge < -0.3 is 19.7 Å². The predicted octanol–water partition coefficient (Wildman–Crippen LogP) is 3.54. The number of carbonyl (C=O) groups excluding carboxylic acids is 3. The molecule has 1 unspecified atom stereocenters. The van der Waals surface area contributed by atoms with Crippen LogP contribution in [0.3, 0.4) is 0 Å². The molecule has 1 aliphatic heterocycles. The van der Waals surface area contributed by atoms with Crippen molar-refractivity contribution in [3.63, 3.8) is 0 Å². The molecule has 7 heteroatoms. The Labute approximate surface area is 182 Å². The van der Waals surface area contributed by atoms with Crippen LogP contribution in [0, 0.1) is 0 Å². The van der Waals surface area contributed by atoms with Gasteiger partial charge in [0.25, 0.3) is 5.91 Å². The van der Waals surface area contributed by atoms with Crippen molar-refractivity contribution in [2.45, 2.75) is 45.3 Å². The largest absolute Gasteiger partial charge is 0.489 e. The highest BCUT2D eigenvalue weighted by Gasteiger charge is 2.23. The fraction of sp³-hybridized carbons (Fsp3) is 0.375. The maximum Gasteiger partial charge on any atom is 0.326 e. The van der Waals surface area contributed by atoms with E-state index in [4.69, 9.17) is 9.47 Å². The van der Waals surface area contributed by atoms with Crippen molar-refractivity contribution >= 4 is 23.5 Å².